The summed E-state index contributed by atoms with van der Waals surface area (Å²) in [7, 11) is 0. The first-order valence-corrected chi connectivity index (χ1v) is 9.31. The zero-order valence-corrected chi connectivity index (χ0v) is 15.1. The lowest BCUT2D eigenvalue weighted by atomic mass is 9.92. The molecule has 0 saturated carbocycles. The van der Waals surface area contributed by atoms with E-state index in [1.165, 1.54) is 0 Å². The van der Waals surface area contributed by atoms with Crippen molar-refractivity contribution in [2.45, 2.75) is 57.7 Å². The maximum atomic E-state index is 13.1. The highest BCUT2D eigenvalue weighted by atomic mass is 16.3. The number of carbonyl (C=O) groups is 1. The molecule has 2 atom stereocenters. The standard InChI is InChI=1S/C22H27NO2/c1-3-5-13-18(4-2)23-21(24)19-14-9-10-15-20(19)22(23,25)16-17-11-7-6-8-12-17/h6-12,14-15,18,25H,3-5,13,16H2,1-2H3/t18-,22+/m0/s1. The molecule has 25 heavy (non-hydrogen) atoms. The van der Waals surface area contributed by atoms with Crippen LogP contribution in [0.5, 0.6) is 0 Å². The number of carbonyl (C=O) groups excluding carboxylic acids is 1. The monoisotopic (exact) mass is 337 g/mol. The van der Waals surface area contributed by atoms with E-state index in [1.54, 1.807) is 4.90 Å². The third-order valence-corrected chi connectivity index (χ3v) is 5.23. The van der Waals surface area contributed by atoms with Crippen molar-refractivity contribution in [3.8, 4) is 0 Å². The third-order valence-electron chi connectivity index (χ3n) is 5.23. The fourth-order valence-electron chi connectivity index (χ4n) is 3.93. The van der Waals surface area contributed by atoms with Gasteiger partial charge >= 0.3 is 0 Å². The van der Waals surface area contributed by atoms with Gasteiger partial charge in [-0.3, -0.25) is 4.79 Å². The van der Waals surface area contributed by atoms with Crippen LogP contribution in [-0.4, -0.2) is 22.0 Å². The van der Waals surface area contributed by atoms with Crippen molar-refractivity contribution < 1.29 is 9.90 Å². The number of nitrogens with zero attached hydrogens (tertiary/aromatic N) is 1. The average molecular weight is 337 g/mol. The number of amides is 1. The second kappa shape index (κ2) is 7.40. The lowest BCUT2D eigenvalue weighted by Crippen LogP contribution is -2.51. The van der Waals surface area contributed by atoms with Gasteiger partial charge in [-0.25, -0.2) is 0 Å². The van der Waals surface area contributed by atoms with E-state index in [4.69, 9.17) is 0 Å². The maximum Gasteiger partial charge on any atom is 0.257 e. The molecule has 2 aromatic carbocycles. The van der Waals surface area contributed by atoms with Gasteiger partial charge in [0.05, 0.1) is 0 Å². The van der Waals surface area contributed by atoms with Gasteiger partial charge in [0.2, 0.25) is 0 Å². The Balaban J connectivity index is 2.04. The number of rotatable bonds is 7. The minimum Gasteiger partial charge on any atom is -0.366 e. The van der Waals surface area contributed by atoms with Crippen molar-refractivity contribution in [3.63, 3.8) is 0 Å². The van der Waals surface area contributed by atoms with Gasteiger partial charge in [0.15, 0.2) is 5.72 Å². The Bertz CT molecular complexity index is 728. The molecule has 0 unspecified atom stereocenters. The summed E-state index contributed by atoms with van der Waals surface area (Å²) in [4.78, 5) is 14.9. The van der Waals surface area contributed by atoms with Gasteiger partial charge in [-0.1, -0.05) is 75.2 Å². The molecule has 1 aliphatic rings. The molecule has 0 spiro atoms. The van der Waals surface area contributed by atoms with Crippen molar-refractivity contribution in [2.75, 3.05) is 0 Å². The summed E-state index contributed by atoms with van der Waals surface area (Å²) in [6, 6.07) is 17.5. The predicted molar refractivity (Wildman–Crippen MR) is 100 cm³/mol. The molecule has 1 aliphatic heterocycles. The third kappa shape index (κ3) is 3.21. The molecule has 1 amide bonds. The molecule has 0 radical (unpaired) electrons. The number of hydrogen-bond acceptors (Lipinski definition) is 2. The van der Waals surface area contributed by atoms with Crippen LogP contribution in [-0.2, 0) is 12.1 Å². The van der Waals surface area contributed by atoms with E-state index in [0.29, 0.717) is 12.0 Å². The van der Waals surface area contributed by atoms with Gasteiger partial charge in [0, 0.05) is 23.6 Å². The zero-order chi connectivity index (χ0) is 17.9. The second-order valence-corrected chi connectivity index (χ2v) is 6.90. The minimum atomic E-state index is -1.27. The van der Waals surface area contributed by atoms with Gasteiger partial charge < -0.3 is 10.0 Å². The molecule has 0 aromatic heterocycles. The number of hydrogen-bond donors (Lipinski definition) is 1. The smallest absolute Gasteiger partial charge is 0.257 e. The maximum absolute atomic E-state index is 13.1. The van der Waals surface area contributed by atoms with Crippen LogP contribution in [0.15, 0.2) is 54.6 Å². The summed E-state index contributed by atoms with van der Waals surface area (Å²) in [6.07, 6.45) is 4.32. The molecular formula is C22H27NO2. The Morgan fingerprint density at radius 2 is 1.72 bits per heavy atom. The molecule has 0 aliphatic carbocycles. The van der Waals surface area contributed by atoms with Crippen molar-refractivity contribution in [1.82, 2.24) is 4.90 Å². The average Bonchev–Trinajstić information content (AvgIpc) is 2.85. The molecule has 0 saturated heterocycles. The summed E-state index contributed by atoms with van der Waals surface area (Å²) in [5.74, 6) is -0.0445. The highest BCUT2D eigenvalue weighted by Crippen LogP contribution is 2.42. The number of fused-ring (bicyclic) bond motifs is 1. The highest BCUT2D eigenvalue weighted by Gasteiger charge is 2.50. The van der Waals surface area contributed by atoms with Gasteiger partial charge in [-0.15, -0.1) is 0 Å². The molecule has 3 rings (SSSR count). The Hall–Kier alpha value is -2.13. The SMILES string of the molecule is CCCC[C@H](CC)N1C(=O)c2ccccc2[C@]1(O)Cc1ccccc1. The van der Waals surface area contributed by atoms with Crippen molar-refractivity contribution in [1.29, 1.82) is 0 Å². The van der Waals surface area contributed by atoms with E-state index in [9.17, 15) is 9.90 Å². The van der Waals surface area contributed by atoms with E-state index in [-0.39, 0.29) is 11.9 Å². The Morgan fingerprint density at radius 1 is 1.04 bits per heavy atom. The summed E-state index contributed by atoms with van der Waals surface area (Å²) in [5, 5.41) is 11.7. The van der Waals surface area contributed by atoms with Gasteiger partial charge in [-0.2, -0.15) is 0 Å². The Kier molecular flexibility index (Phi) is 5.24. The van der Waals surface area contributed by atoms with Gasteiger partial charge in [0.1, 0.15) is 0 Å². The molecule has 1 N–H and O–H groups in total. The van der Waals surface area contributed by atoms with Crippen LogP contribution in [0.25, 0.3) is 0 Å². The lowest BCUT2D eigenvalue weighted by Gasteiger charge is -2.40. The predicted octanol–water partition coefficient (Wildman–Crippen LogP) is 4.50. The van der Waals surface area contributed by atoms with Crippen molar-refractivity contribution in [3.05, 3.63) is 71.3 Å². The largest absolute Gasteiger partial charge is 0.366 e. The van der Waals surface area contributed by atoms with E-state index < -0.39 is 5.72 Å². The fourth-order valence-corrected chi connectivity index (χ4v) is 3.93. The summed E-state index contributed by atoms with van der Waals surface area (Å²) < 4.78 is 0. The fraction of sp³-hybridized carbons (Fsp3) is 0.409. The topological polar surface area (TPSA) is 40.5 Å². The molecule has 0 bridgehead atoms. The number of aliphatic hydroxyl groups is 1. The molecule has 0 fully saturated rings. The number of benzene rings is 2. The minimum absolute atomic E-state index is 0.0445. The Morgan fingerprint density at radius 3 is 2.40 bits per heavy atom. The van der Waals surface area contributed by atoms with Crippen LogP contribution >= 0.6 is 0 Å². The summed E-state index contributed by atoms with van der Waals surface area (Å²) in [6.45, 7) is 4.25. The first kappa shape index (κ1) is 17.7. The summed E-state index contributed by atoms with van der Waals surface area (Å²) >= 11 is 0. The first-order chi connectivity index (χ1) is 12.1. The normalized spacial score (nSPS) is 20.6. The van der Waals surface area contributed by atoms with Gasteiger partial charge in [0.25, 0.3) is 5.91 Å². The molecule has 1 heterocycles. The van der Waals surface area contributed by atoms with Gasteiger partial charge in [-0.05, 0) is 24.5 Å². The Labute approximate surface area is 150 Å². The first-order valence-electron chi connectivity index (χ1n) is 9.31. The van der Waals surface area contributed by atoms with Crippen LogP contribution in [0.2, 0.25) is 0 Å². The van der Waals surface area contributed by atoms with E-state index >= 15 is 0 Å². The molecular weight excluding hydrogens is 310 g/mol. The van der Waals surface area contributed by atoms with Crippen LogP contribution < -0.4 is 0 Å². The van der Waals surface area contributed by atoms with Crippen molar-refractivity contribution >= 4 is 5.91 Å². The van der Waals surface area contributed by atoms with E-state index in [0.717, 1.165) is 36.8 Å². The van der Waals surface area contributed by atoms with Crippen LogP contribution in [0, 0.1) is 0 Å². The van der Waals surface area contributed by atoms with Crippen LogP contribution in [0.4, 0.5) is 0 Å². The molecule has 3 nitrogen and oxygen atoms in total. The molecule has 132 valence electrons. The second-order valence-electron chi connectivity index (χ2n) is 6.90. The quantitative estimate of drug-likeness (QED) is 0.808. The van der Waals surface area contributed by atoms with Crippen LogP contribution in [0.3, 0.4) is 0 Å². The van der Waals surface area contributed by atoms with Crippen molar-refractivity contribution in [2.24, 2.45) is 0 Å². The zero-order valence-electron chi connectivity index (χ0n) is 15.1. The number of unbranched alkanes of at least 4 members (excludes halogenated alkanes) is 1. The molecule has 3 heteroatoms. The van der Waals surface area contributed by atoms with Crippen LogP contribution in [0.1, 0.15) is 61.0 Å². The van der Waals surface area contributed by atoms with E-state index in [1.807, 2.05) is 54.6 Å². The van der Waals surface area contributed by atoms with E-state index in [2.05, 4.69) is 13.8 Å². The highest BCUT2D eigenvalue weighted by molar-refractivity contribution is 6.00. The molecule has 2 aromatic rings. The summed E-state index contributed by atoms with van der Waals surface area (Å²) in [5.41, 5.74) is 1.13. The lowest BCUT2D eigenvalue weighted by molar-refractivity contribution is -0.104.